The first-order chi connectivity index (χ1) is 10.8. The Labute approximate surface area is 134 Å². The number of rotatable bonds is 2. The number of hydrogen-bond acceptors (Lipinski definition) is 4. The first-order valence-electron chi connectivity index (χ1n) is 7.14. The van der Waals surface area contributed by atoms with E-state index < -0.39 is 11.4 Å². The van der Waals surface area contributed by atoms with Crippen LogP contribution in [0.4, 0.5) is 0 Å². The fourth-order valence-corrected chi connectivity index (χ4v) is 2.27. The Kier molecular flexibility index (Phi) is 4.37. The molecule has 0 saturated heterocycles. The van der Waals surface area contributed by atoms with Crippen molar-refractivity contribution in [2.45, 2.75) is 20.8 Å². The number of benzene rings is 1. The van der Waals surface area contributed by atoms with Gasteiger partial charge >= 0.3 is 5.97 Å². The number of carbonyl (C=O) groups excluding carboxylic acids is 2. The lowest BCUT2D eigenvalue weighted by molar-refractivity contribution is -0.134. The lowest BCUT2D eigenvalue weighted by atomic mass is 9.95. The van der Waals surface area contributed by atoms with Crippen LogP contribution in [-0.2, 0) is 9.53 Å². The van der Waals surface area contributed by atoms with Crippen molar-refractivity contribution in [3.8, 4) is 6.07 Å². The van der Waals surface area contributed by atoms with E-state index in [9.17, 15) is 14.9 Å². The third-order valence-corrected chi connectivity index (χ3v) is 3.46. The van der Waals surface area contributed by atoms with Gasteiger partial charge in [-0.15, -0.1) is 0 Å². The van der Waals surface area contributed by atoms with Crippen molar-refractivity contribution in [2.75, 3.05) is 7.11 Å². The highest BCUT2D eigenvalue weighted by molar-refractivity contribution is 6.02. The fraction of sp³-hybridized carbons (Fsp3) is 0.278. The highest BCUT2D eigenvalue weighted by Gasteiger charge is 2.25. The Bertz CT molecular complexity index is 845. The van der Waals surface area contributed by atoms with Gasteiger partial charge in [-0.2, -0.15) is 5.26 Å². The molecule has 1 aromatic heterocycles. The quantitative estimate of drug-likeness (QED) is 0.629. The zero-order valence-corrected chi connectivity index (χ0v) is 13.6. The highest BCUT2D eigenvalue weighted by atomic mass is 16.5. The maximum atomic E-state index is 12.7. The molecule has 118 valence electrons. The van der Waals surface area contributed by atoms with Crippen LogP contribution in [0.5, 0.6) is 0 Å². The Morgan fingerprint density at radius 2 is 1.96 bits per heavy atom. The molecule has 0 N–H and O–H groups in total. The molecule has 2 aromatic rings. The second kappa shape index (κ2) is 6.09. The maximum Gasteiger partial charge on any atom is 0.330 e. The average molecular weight is 310 g/mol. The van der Waals surface area contributed by atoms with E-state index in [4.69, 9.17) is 0 Å². The Morgan fingerprint density at radius 3 is 2.52 bits per heavy atom. The van der Waals surface area contributed by atoms with Crippen molar-refractivity contribution in [2.24, 2.45) is 5.41 Å². The van der Waals surface area contributed by atoms with E-state index in [1.165, 1.54) is 17.8 Å². The number of nitrogens with zero attached hydrogens (tertiary/aromatic N) is 2. The molecule has 0 spiro atoms. The van der Waals surface area contributed by atoms with Crippen molar-refractivity contribution < 1.29 is 14.3 Å². The maximum absolute atomic E-state index is 12.7. The van der Waals surface area contributed by atoms with Crippen LogP contribution in [0.1, 0.15) is 36.7 Å². The summed E-state index contributed by atoms with van der Waals surface area (Å²) in [5.74, 6) is -0.571. The van der Waals surface area contributed by atoms with Gasteiger partial charge in [0, 0.05) is 23.1 Å². The minimum Gasteiger partial charge on any atom is -0.466 e. The van der Waals surface area contributed by atoms with Crippen LogP contribution in [0.2, 0.25) is 0 Å². The molecular weight excluding hydrogens is 292 g/mol. The third-order valence-electron chi connectivity index (χ3n) is 3.46. The van der Waals surface area contributed by atoms with E-state index >= 15 is 0 Å². The van der Waals surface area contributed by atoms with Crippen LogP contribution in [0.3, 0.4) is 0 Å². The summed E-state index contributed by atoms with van der Waals surface area (Å²) >= 11 is 0. The Balaban J connectivity index is 2.72. The summed E-state index contributed by atoms with van der Waals surface area (Å²) in [7, 11) is 1.30. The minimum absolute atomic E-state index is 0.0877. The smallest absolute Gasteiger partial charge is 0.330 e. The number of esters is 1. The molecule has 1 heterocycles. The van der Waals surface area contributed by atoms with Gasteiger partial charge in [-0.1, -0.05) is 26.8 Å². The second-order valence-electron chi connectivity index (χ2n) is 6.17. The van der Waals surface area contributed by atoms with Crippen molar-refractivity contribution in [1.82, 2.24) is 4.57 Å². The van der Waals surface area contributed by atoms with Gasteiger partial charge in [0.05, 0.1) is 24.3 Å². The molecule has 5 heteroatoms. The van der Waals surface area contributed by atoms with Crippen LogP contribution >= 0.6 is 0 Å². The lowest BCUT2D eigenvalue weighted by Gasteiger charge is -2.18. The van der Waals surface area contributed by atoms with Crippen molar-refractivity contribution in [3.05, 3.63) is 41.6 Å². The molecule has 0 unspecified atom stereocenters. The number of carbonyl (C=O) groups is 2. The zero-order valence-electron chi connectivity index (χ0n) is 13.6. The Hall–Kier alpha value is -2.87. The van der Waals surface area contributed by atoms with Crippen molar-refractivity contribution >= 4 is 28.9 Å². The first kappa shape index (κ1) is 16.5. The van der Waals surface area contributed by atoms with Crippen LogP contribution in [-0.4, -0.2) is 23.6 Å². The summed E-state index contributed by atoms with van der Waals surface area (Å²) < 4.78 is 6.13. The van der Waals surface area contributed by atoms with Crippen molar-refractivity contribution in [1.29, 1.82) is 5.26 Å². The van der Waals surface area contributed by atoms with E-state index in [2.05, 4.69) is 10.8 Å². The zero-order chi connectivity index (χ0) is 17.2. The number of ether oxygens (including phenoxy) is 1. The molecule has 23 heavy (non-hydrogen) atoms. The van der Waals surface area contributed by atoms with Gasteiger partial charge in [0.2, 0.25) is 5.91 Å². The SMILES string of the molecule is COC(=O)/C=C/c1ccc(C#N)c2ccn(C(=O)C(C)(C)C)c12. The summed E-state index contributed by atoms with van der Waals surface area (Å²) in [5, 5.41) is 9.93. The summed E-state index contributed by atoms with van der Waals surface area (Å²) in [6.45, 7) is 5.50. The van der Waals surface area contributed by atoms with Crippen molar-refractivity contribution in [3.63, 3.8) is 0 Å². The van der Waals surface area contributed by atoms with Crippen LogP contribution < -0.4 is 0 Å². The van der Waals surface area contributed by atoms with Gasteiger partial charge in [0.1, 0.15) is 0 Å². The van der Waals surface area contributed by atoms with Crippen LogP contribution in [0.15, 0.2) is 30.5 Å². The lowest BCUT2D eigenvalue weighted by Crippen LogP contribution is -2.26. The Morgan fingerprint density at radius 1 is 1.26 bits per heavy atom. The van der Waals surface area contributed by atoms with Gasteiger partial charge in [-0.3, -0.25) is 9.36 Å². The molecule has 0 fully saturated rings. The van der Waals surface area contributed by atoms with E-state index in [0.29, 0.717) is 22.0 Å². The van der Waals surface area contributed by atoms with Crippen LogP contribution in [0, 0.1) is 16.7 Å². The van der Waals surface area contributed by atoms with Gasteiger partial charge in [0.25, 0.3) is 0 Å². The predicted molar refractivity (Wildman–Crippen MR) is 87.8 cm³/mol. The van der Waals surface area contributed by atoms with E-state index in [1.54, 1.807) is 30.5 Å². The van der Waals surface area contributed by atoms with Gasteiger partial charge in [-0.05, 0) is 23.8 Å². The molecule has 0 radical (unpaired) electrons. The van der Waals surface area contributed by atoms with E-state index in [1.807, 2.05) is 20.8 Å². The molecular formula is C18H18N2O3. The molecule has 0 aliphatic rings. The highest BCUT2D eigenvalue weighted by Crippen LogP contribution is 2.28. The first-order valence-corrected chi connectivity index (χ1v) is 7.14. The second-order valence-corrected chi connectivity index (χ2v) is 6.17. The van der Waals surface area contributed by atoms with Gasteiger partial charge < -0.3 is 4.74 Å². The number of nitriles is 1. The molecule has 0 amide bonds. The standard InChI is InChI=1S/C18H18N2O3/c1-18(2,3)17(22)20-10-9-14-13(11-19)6-5-12(16(14)20)7-8-15(21)23-4/h5-10H,1-4H3/b8-7+. The van der Waals surface area contributed by atoms with Gasteiger partial charge in [0.15, 0.2) is 0 Å². The largest absolute Gasteiger partial charge is 0.466 e. The summed E-state index contributed by atoms with van der Waals surface area (Å²) in [6.07, 6.45) is 4.54. The molecule has 0 aliphatic heterocycles. The average Bonchev–Trinajstić information content (AvgIpc) is 2.95. The molecule has 5 nitrogen and oxygen atoms in total. The molecule has 0 atom stereocenters. The third kappa shape index (κ3) is 3.16. The number of methoxy groups -OCH3 is 1. The van der Waals surface area contributed by atoms with E-state index in [-0.39, 0.29) is 5.91 Å². The minimum atomic E-state index is -0.571. The summed E-state index contributed by atoms with van der Waals surface area (Å²) in [6, 6.07) is 7.25. The molecule has 0 saturated carbocycles. The number of fused-ring (bicyclic) bond motifs is 1. The summed E-state index contributed by atoms with van der Waals surface area (Å²) in [4.78, 5) is 24.0. The normalized spacial score (nSPS) is 11.6. The topological polar surface area (TPSA) is 72.1 Å². The molecule has 0 aliphatic carbocycles. The van der Waals surface area contributed by atoms with Crippen LogP contribution in [0.25, 0.3) is 17.0 Å². The van der Waals surface area contributed by atoms with E-state index in [0.717, 1.165) is 0 Å². The predicted octanol–water partition coefficient (Wildman–Crippen LogP) is 3.39. The van der Waals surface area contributed by atoms with Gasteiger partial charge in [-0.25, -0.2) is 4.79 Å². The molecule has 0 bridgehead atoms. The fourth-order valence-electron chi connectivity index (χ4n) is 2.27. The monoisotopic (exact) mass is 310 g/mol. The molecule has 1 aromatic carbocycles. The summed E-state index contributed by atoms with van der Waals surface area (Å²) in [5.41, 5.74) is 1.20. The number of aromatic nitrogens is 1. The molecule has 2 rings (SSSR count). The number of hydrogen-bond donors (Lipinski definition) is 0.